The van der Waals surface area contributed by atoms with E-state index in [0.717, 1.165) is 11.1 Å². The molecule has 1 amide bonds. The zero-order chi connectivity index (χ0) is 18.4. The van der Waals surface area contributed by atoms with Crippen molar-refractivity contribution in [3.63, 3.8) is 0 Å². The van der Waals surface area contributed by atoms with Crippen molar-refractivity contribution in [2.45, 2.75) is 12.0 Å². The van der Waals surface area contributed by atoms with Crippen LogP contribution in [-0.2, 0) is 14.3 Å². The number of amides is 1. The van der Waals surface area contributed by atoms with Crippen molar-refractivity contribution in [1.29, 1.82) is 0 Å². The van der Waals surface area contributed by atoms with Crippen molar-refractivity contribution < 1.29 is 14.3 Å². The molecule has 0 aromatic heterocycles. The predicted molar refractivity (Wildman–Crippen MR) is 99.2 cm³/mol. The summed E-state index contributed by atoms with van der Waals surface area (Å²) in [7, 11) is 0. The van der Waals surface area contributed by atoms with Crippen molar-refractivity contribution in [2.24, 2.45) is 5.73 Å². The van der Waals surface area contributed by atoms with Gasteiger partial charge in [0.2, 0.25) is 6.10 Å². The van der Waals surface area contributed by atoms with E-state index in [0.29, 0.717) is 5.56 Å². The van der Waals surface area contributed by atoms with E-state index in [4.69, 9.17) is 10.5 Å². The van der Waals surface area contributed by atoms with Crippen molar-refractivity contribution in [3.8, 4) is 0 Å². The van der Waals surface area contributed by atoms with E-state index in [1.807, 2.05) is 66.7 Å². The molecule has 0 heterocycles. The van der Waals surface area contributed by atoms with Crippen LogP contribution in [0.2, 0.25) is 0 Å². The highest BCUT2D eigenvalue weighted by Gasteiger charge is 2.29. The number of carbonyl (C=O) groups is 2. The van der Waals surface area contributed by atoms with Crippen LogP contribution in [0, 0.1) is 0 Å². The monoisotopic (exact) mass is 345 g/mol. The first-order valence-corrected chi connectivity index (χ1v) is 8.31. The third-order valence-electron chi connectivity index (χ3n) is 4.10. The summed E-state index contributed by atoms with van der Waals surface area (Å²) in [4.78, 5) is 24.9. The predicted octanol–water partition coefficient (Wildman–Crippen LogP) is 3.59. The first-order valence-electron chi connectivity index (χ1n) is 8.31. The van der Waals surface area contributed by atoms with Crippen LogP contribution in [0.3, 0.4) is 0 Å². The topological polar surface area (TPSA) is 69.4 Å². The lowest BCUT2D eigenvalue weighted by Gasteiger charge is -2.21. The standard InChI is InChI=1S/C22H19NO3/c23-21(24)20(18-14-8-3-9-15-18)26-22(25)19(16-10-4-1-5-11-16)17-12-6-2-7-13-17/h1-15,19-20H,(H2,23,24). The Hall–Kier alpha value is -3.40. The molecule has 3 aromatic carbocycles. The van der Waals surface area contributed by atoms with Crippen LogP contribution in [0.1, 0.15) is 28.7 Å². The summed E-state index contributed by atoms with van der Waals surface area (Å²) in [5.74, 6) is -1.86. The highest BCUT2D eigenvalue weighted by molar-refractivity contribution is 5.87. The summed E-state index contributed by atoms with van der Waals surface area (Å²) >= 11 is 0. The zero-order valence-corrected chi connectivity index (χ0v) is 14.1. The molecule has 0 saturated carbocycles. The van der Waals surface area contributed by atoms with E-state index in [1.54, 1.807) is 24.3 Å². The Kier molecular flexibility index (Phi) is 5.44. The van der Waals surface area contributed by atoms with Gasteiger partial charge in [0, 0.05) is 5.56 Å². The van der Waals surface area contributed by atoms with Gasteiger partial charge in [0.05, 0.1) is 0 Å². The molecule has 1 atom stereocenters. The lowest BCUT2D eigenvalue weighted by Crippen LogP contribution is -2.28. The van der Waals surface area contributed by atoms with Gasteiger partial charge in [-0.05, 0) is 11.1 Å². The van der Waals surface area contributed by atoms with Gasteiger partial charge in [-0.1, -0.05) is 91.0 Å². The molecule has 0 spiro atoms. The molecule has 0 aliphatic carbocycles. The second-order valence-electron chi connectivity index (χ2n) is 5.88. The highest BCUT2D eigenvalue weighted by Crippen LogP contribution is 2.28. The van der Waals surface area contributed by atoms with Gasteiger partial charge in [-0.3, -0.25) is 9.59 Å². The second kappa shape index (κ2) is 8.12. The minimum absolute atomic E-state index is 0.518. The van der Waals surface area contributed by atoms with Crippen LogP contribution in [0.25, 0.3) is 0 Å². The quantitative estimate of drug-likeness (QED) is 0.694. The maximum absolute atomic E-state index is 13.0. The molecule has 0 fully saturated rings. The number of esters is 1. The van der Waals surface area contributed by atoms with E-state index in [1.165, 1.54) is 0 Å². The van der Waals surface area contributed by atoms with E-state index in [2.05, 4.69) is 0 Å². The maximum atomic E-state index is 13.0. The summed E-state index contributed by atoms with van der Waals surface area (Å²) in [6, 6.07) is 27.4. The second-order valence-corrected chi connectivity index (χ2v) is 5.88. The fourth-order valence-corrected chi connectivity index (χ4v) is 2.86. The molecule has 3 rings (SSSR count). The SMILES string of the molecule is NC(=O)C(OC(=O)C(c1ccccc1)c1ccccc1)c1ccccc1. The van der Waals surface area contributed by atoms with Gasteiger partial charge >= 0.3 is 5.97 Å². The van der Waals surface area contributed by atoms with Crippen molar-refractivity contribution in [1.82, 2.24) is 0 Å². The molecule has 0 aliphatic heterocycles. The molecule has 2 N–H and O–H groups in total. The lowest BCUT2D eigenvalue weighted by atomic mass is 9.91. The molecule has 130 valence electrons. The number of benzene rings is 3. The minimum Gasteiger partial charge on any atom is -0.447 e. The molecule has 4 nitrogen and oxygen atoms in total. The van der Waals surface area contributed by atoms with Crippen LogP contribution >= 0.6 is 0 Å². The average molecular weight is 345 g/mol. The Morgan fingerprint density at radius 2 is 1.04 bits per heavy atom. The average Bonchev–Trinajstić information content (AvgIpc) is 2.68. The largest absolute Gasteiger partial charge is 0.447 e. The number of carbonyl (C=O) groups excluding carboxylic acids is 2. The highest BCUT2D eigenvalue weighted by atomic mass is 16.5. The number of rotatable bonds is 6. The molecule has 0 bridgehead atoms. The van der Waals surface area contributed by atoms with Gasteiger partial charge in [0.15, 0.2) is 0 Å². The Morgan fingerprint density at radius 1 is 0.654 bits per heavy atom. The van der Waals surface area contributed by atoms with Crippen LogP contribution in [0.5, 0.6) is 0 Å². The summed E-state index contributed by atoms with van der Waals surface area (Å²) in [5, 5.41) is 0. The van der Waals surface area contributed by atoms with Gasteiger partial charge in [0.1, 0.15) is 5.92 Å². The van der Waals surface area contributed by atoms with E-state index >= 15 is 0 Å². The molecule has 0 saturated heterocycles. The number of ether oxygens (including phenoxy) is 1. The molecule has 26 heavy (non-hydrogen) atoms. The number of hydrogen-bond acceptors (Lipinski definition) is 3. The third-order valence-corrected chi connectivity index (χ3v) is 4.10. The van der Waals surface area contributed by atoms with Crippen LogP contribution in [0.4, 0.5) is 0 Å². The van der Waals surface area contributed by atoms with Gasteiger partial charge in [-0.25, -0.2) is 0 Å². The van der Waals surface area contributed by atoms with Gasteiger partial charge < -0.3 is 10.5 Å². The Labute approximate surface area is 152 Å². The fourth-order valence-electron chi connectivity index (χ4n) is 2.86. The Balaban J connectivity index is 1.94. The number of hydrogen-bond donors (Lipinski definition) is 1. The van der Waals surface area contributed by atoms with Crippen molar-refractivity contribution >= 4 is 11.9 Å². The van der Waals surface area contributed by atoms with Crippen molar-refractivity contribution in [2.75, 3.05) is 0 Å². The fraction of sp³-hybridized carbons (Fsp3) is 0.0909. The summed E-state index contributed by atoms with van der Waals surface area (Å²) in [6.07, 6.45) is -1.13. The number of nitrogens with two attached hydrogens (primary N) is 1. The molecule has 4 heteroatoms. The summed E-state index contributed by atoms with van der Waals surface area (Å²) in [5.41, 5.74) is 7.61. The van der Waals surface area contributed by atoms with Crippen LogP contribution in [0.15, 0.2) is 91.0 Å². The minimum atomic E-state index is -1.13. The molecular weight excluding hydrogens is 326 g/mol. The van der Waals surface area contributed by atoms with E-state index in [9.17, 15) is 9.59 Å². The zero-order valence-electron chi connectivity index (χ0n) is 14.1. The van der Waals surface area contributed by atoms with Crippen LogP contribution in [-0.4, -0.2) is 11.9 Å². The molecule has 3 aromatic rings. The van der Waals surface area contributed by atoms with E-state index < -0.39 is 23.9 Å². The third kappa shape index (κ3) is 3.98. The maximum Gasteiger partial charge on any atom is 0.319 e. The normalized spacial score (nSPS) is 11.7. The summed E-state index contributed by atoms with van der Waals surface area (Å²) < 4.78 is 5.56. The van der Waals surface area contributed by atoms with Crippen molar-refractivity contribution in [3.05, 3.63) is 108 Å². The lowest BCUT2D eigenvalue weighted by molar-refractivity contribution is -0.156. The number of primary amides is 1. The van der Waals surface area contributed by atoms with E-state index in [-0.39, 0.29) is 0 Å². The first-order chi connectivity index (χ1) is 12.7. The van der Waals surface area contributed by atoms with Gasteiger partial charge in [-0.2, -0.15) is 0 Å². The Morgan fingerprint density at radius 3 is 1.42 bits per heavy atom. The molecule has 1 unspecified atom stereocenters. The van der Waals surface area contributed by atoms with Crippen LogP contribution < -0.4 is 5.73 Å². The van der Waals surface area contributed by atoms with Gasteiger partial charge in [0.25, 0.3) is 5.91 Å². The molecule has 0 radical (unpaired) electrons. The summed E-state index contributed by atoms with van der Waals surface area (Å²) in [6.45, 7) is 0. The molecule has 0 aliphatic rings. The molecular formula is C22H19NO3. The smallest absolute Gasteiger partial charge is 0.319 e. The Bertz CT molecular complexity index is 824. The first kappa shape index (κ1) is 17.4. The van der Waals surface area contributed by atoms with Gasteiger partial charge in [-0.15, -0.1) is 0 Å².